The zero-order valence-corrected chi connectivity index (χ0v) is 11.1. The summed E-state index contributed by atoms with van der Waals surface area (Å²) in [6.07, 6.45) is 0. The highest BCUT2D eigenvalue weighted by molar-refractivity contribution is 5.94. The summed E-state index contributed by atoms with van der Waals surface area (Å²) in [5.41, 5.74) is -0.167. The van der Waals surface area contributed by atoms with Crippen LogP contribution in [0.3, 0.4) is 0 Å². The average molecular weight is 295 g/mol. The van der Waals surface area contributed by atoms with E-state index >= 15 is 0 Å². The molecular weight excluding hydrogens is 281 g/mol. The standard InChI is InChI=1S/C12H13F3N2O.ClH/c1-7-6-16-2-3-17(7)12(18)8-4-9(13)11(15)10(14)5-8;/h4-5,7,16H,2-3,6H2,1H3;1H. The molecule has 1 aromatic rings. The molecule has 1 amide bonds. The van der Waals surface area contributed by atoms with Gasteiger partial charge in [-0.15, -0.1) is 12.4 Å². The van der Waals surface area contributed by atoms with E-state index in [-0.39, 0.29) is 24.0 Å². The minimum Gasteiger partial charge on any atom is -0.333 e. The monoisotopic (exact) mass is 294 g/mol. The molecule has 0 spiro atoms. The molecule has 0 radical (unpaired) electrons. The number of hydrogen-bond donors (Lipinski definition) is 1. The maximum atomic E-state index is 13.1. The van der Waals surface area contributed by atoms with Crippen LogP contribution in [0.25, 0.3) is 0 Å². The number of halogens is 4. The van der Waals surface area contributed by atoms with Crippen LogP contribution in [0.5, 0.6) is 0 Å². The van der Waals surface area contributed by atoms with Crippen molar-refractivity contribution >= 4 is 18.3 Å². The summed E-state index contributed by atoms with van der Waals surface area (Å²) < 4.78 is 38.9. The minimum atomic E-state index is -1.56. The lowest BCUT2D eigenvalue weighted by Gasteiger charge is -2.34. The van der Waals surface area contributed by atoms with Crippen molar-refractivity contribution in [3.8, 4) is 0 Å². The molecule has 0 aromatic heterocycles. The largest absolute Gasteiger partial charge is 0.333 e. The fourth-order valence-corrected chi connectivity index (χ4v) is 1.99. The van der Waals surface area contributed by atoms with E-state index < -0.39 is 23.4 Å². The molecular formula is C12H14ClF3N2O. The van der Waals surface area contributed by atoms with E-state index in [1.165, 1.54) is 4.90 Å². The lowest BCUT2D eigenvalue weighted by molar-refractivity contribution is 0.0654. The average Bonchev–Trinajstić information content (AvgIpc) is 2.35. The van der Waals surface area contributed by atoms with Crippen LogP contribution in [-0.4, -0.2) is 36.5 Å². The van der Waals surface area contributed by atoms with E-state index in [0.717, 1.165) is 12.1 Å². The lowest BCUT2D eigenvalue weighted by Crippen LogP contribution is -2.52. The molecule has 19 heavy (non-hydrogen) atoms. The van der Waals surface area contributed by atoms with Crippen LogP contribution in [0, 0.1) is 17.5 Å². The maximum Gasteiger partial charge on any atom is 0.254 e. The molecule has 1 aromatic carbocycles. The van der Waals surface area contributed by atoms with Crippen molar-refractivity contribution < 1.29 is 18.0 Å². The molecule has 0 saturated carbocycles. The number of rotatable bonds is 1. The minimum absolute atomic E-state index is 0. The van der Waals surface area contributed by atoms with E-state index in [0.29, 0.717) is 19.6 Å². The number of carbonyl (C=O) groups excluding carboxylic acids is 1. The van der Waals surface area contributed by atoms with Gasteiger partial charge in [0.05, 0.1) is 0 Å². The number of piperazine rings is 1. The number of nitrogens with zero attached hydrogens (tertiary/aromatic N) is 1. The lowest BCUT2D eigenvalue weighted by atomic mass is 10.1. The van der Waals surface area contributed by atoms with Crippen LogP contribution in [0.4, 0.5) is 13.2 Å². The van der Waals surface area contributed by atoms with Crippen molar-refractivity contribution in [1.29, 1.82) is 0 Å². The summed E-state index contributed by atoms with van der Waals surface area (Å²) >= 11 is 0. The Morgan fingerprint density at radius 1 is 1.32 bits per heavy atom. The number of carbonyl (C=O) groups is 1. The Hall–Kier alpha value is -1.27. The quantitative estimate of drug-likeness (QED) is 0.803. The van der Waals surface area contributed by atoms with E-state index in [1.54, 1.807) is 0 Å². The molecule has 0 bridgehead atoms. The van der Waals surface area contributed by atoms with Gasteiger partial charge in [0, 0.05) is 31.2 Å². The highest BCUT2D eigenvalue weighted by Crippen LogP contribution is 2.16. The van der Waals surface area contributed by atoms with E-state index in [1.807, 2.05) is 6.92 Å². The molecule has 1 atom stereocenters. The second kappa shape index (κ2) is 6.25. The zero-order chi connectivity index (χ0) is 13.3. The summed E-state index contributed by atoms with van der Waals surface area (Å²) in [5, 5.41) is 3.10. The normalized spacial score (nSPS) is 18.9. The molecule has 1 aliphatic heterocycles. The van der Waals surface area contributed by atoms with Crippen molar-refractivity contribution in [3.05, 3.63) is 35.1 Å². The van der Waals surface area contributed by atoms with Crippen molar-refractivity contribution in [2.24, 2.45) is 0 Å². The molecule has 1 fully saturated rings. The molecule has 2 rings (SSSR count). The van der Waals surface area contributed by atoms with Crippen LogP contribution >= 0.6 is 12.4 Å². The van der Waals surface area contributed by atoms with E-state index in [2.05, 4.69) is 5.32 Å². The molecule has 106 valence electrons. The number of hydrogen-bond acceptors (Lipinski definition) is 2. The molecule has 1 saturated heterocycles. The van der Waals surface area contributed by atoms with Gasteiger partial charge in [-0.05, 0) is 19.1 Å². The Labute approximate surface area is 115 Å². The van der Waals surface area contributed by atoms with Crippen LogP contribution in [0.2, 0.25) is 0 Å². The summed E-state index contributed by atoms with van der Waals surface area (Å²) in [5.74, 6) is -4.73. The van der Waals surface area contributed by atoms with Gasteiger partial charge in [0.25, 0.3) is 5.91 Å². The first kappa shape index (κ1) is 15.8. The molecule has 3 nitrogen and oxygen atoms in total. The highest BCUT2D eigenvalue weighted by atomic mass is 35.5. The van der Waals surface area contributed by atoms with Crippen molar-refractivity contribution in [2.75, 3.05) is 19.6 Å². The Kier molecular flexibility index (Phi) is 5.20. The Morgan fingerprint density at radius 2 is 1.89 bits per heavy atom. The van der Waals surface area contributed by atoms with Crippen molar-refractivity contribution in [3.63, 3.8) is 0 Å². The Morgan fingerprint density at radius 3 is 2.42 bits per heavy atom. The molecule has 1 N–H and O–H groups in total. The molecule has 1 aliphatic rings. The van der Waals surface area contributed by atoms with Gasteiger partial charge in [0.15, 0.2) is 17.5 Å². The SMILES string of the molecule is CC1CNCCN1C(=O)c1cc(F)c(F)c(F)c1.Cl. The smallest absolute Gasteiger partial charge is 0.254 e. The summed E-state index contributed by atoms with van der Waals surface area (Å²) in [6.45, 7) is 3.54. The van der Waals surface area contributed by atoms with Crippen molar-refractivity contribution in [2.45, 2.75) is 13.0 Å². The summed E-state index contributed by atoms with van der Waals surface area (Å²) in [6, 6.07) is 1.40. The van der Waals surface area contributed by atoms with Gasteiger partial charge in [-0.1, -0.05) is 0 Å². The third-order valence-corrected chi connectivity index (χ3v) is 2.99. The van der Waals surface area contributed by atoms with Gasteiger partial charge < -0.3 is 10.2 Å². The van der Waals surface area contributed by atoms with Crippen molar-refractivity contribution in [1.82, 2.24) is 10.2 Å². The van der Waals surface area contributed by atoms with Gasteiger partial charge in [-0.2, -0.15) is 0 Å². The number of amides is 1. The van der Waals surface area contributed by atoms with Crippen LogP contribution in [0.15, 0.2) is 12.1 Å². The second-order valence-electron chi connectivity index (χ2n) is 4.31. The highest BCUT2D eigenvalue weighted by Gasteiger charge is 2.25. The first-order valence-electron chi connectivity index (χ1n) is 5.67. The zero-order valence-electron chi connectivity index (χ0n) is 10.3. The second-order valence-corrected chi connectivity index (χ2v) is 4.31. The van der Waals surface area contributed by atoms with Gasteiger partial charge >= 0.3 is 0 Å². The van der Waals surface area contributed by atoms with Gasteiger partial charge in [-0.3, -0.25) is 4.79 Å². The fraction of sp³-hybridized carbons (Fsp3) is 0.417. The topological polar surface area (TPSA) is 32.3 Å². The maximum absolute atomic E-state index is 13.1. The molecule has 1 unspecified atom stereocenters. The molecule has 1 heterocycles. The summed E-state index contributed by atoms with van der Waals surface area (Å²) in [7, 11) is 0. The molecule has 7 heteroatoms. The van der Waals surface area contributed by atoms with Crippen LogP contribution in [0.1, 0.15) is 17.3 Å². The predicted octanol–water partition coefficient (Wildman–Crippen LogP) is 1.96. The predicted molar refractivity (Wildman–Crippen MR) is 66.9 cm³/mol. The first-order chi connectivity index (χ1) is 8.50. The van der Waals surface area contributed by atoms with Gasteiger partial charge in [-0.25, -0.2) is 13.2 Å². The molecule has 0 aliphatic carbocycles. The third-order valence-electron chi connectivity index (χ3n) is 2.99. The number of benzene rings is 1. The fourth-order valence-electron chi connectivity index (χ4n) is 1.99. The summed E-state index contributed by atoms with van der Waals surface area (Å²) in [4.78, 5) is 13.6. The number of nitrogens with one attached hydrogen (secondary N) is 1. The van der Waals surface area contributed by atoms with Gasteiger partial charge in [0.1, 0.15) is 0 Å². The van der Waals surface area contributed by atoms with Crippen LogP contribution < -0.4 is 5.32 Å². The Bertz CT molecular complexity index is 461. The first-order valence-corrected chi connectivity index (χ1v) is 5.67. The van der Waals surface area contributed by atoms with E-state index in [9.17, 15) is 18.0 Å². The van der Waals surface area contributed by atoms with E-state index in [4.69, 9.17) is 0 Å². The Balaban J connectivity index is 0.00000180. The third kappa shape index (κ3) is 3.19. The van der Waals surface area contributed by atoms with Gasteiger partial charge in [0.2, 0.25) is 0 Å². The van der Waals surface area contributed by atoms with Crippen LogP contribution in [-0.2, 0) is 0 Å².